The van der Waals surface area contributed by atoms with Crippen LogP contribution in [0.3, 0.4) is 0 Å². The van der Waals surface area contributed by atoms with Crippen molar-refractivity contribution in [2.24, 2.45) is 0 Å². The Hall–Kier alpha value is -3.26. The van der Waals surface area contributed by atoms with E-state index in [4.69, 9.17) is 9.47 Å². The van der Waals surface area contributed by atoms with Gasteiger partial charge in [0.2, 0.25) is 0 Å². The predicted molar refractivity (Wildman–Crippen MR) is 108 cm³/mol. The molecule has 0 saturated carbocycles. The van der Waals surface area contributed by atoms with Gasteiger partial charge in [-0.25, -0.2) is 13.2 Å². The zero-order chi connectivity index (χ0) is 20.1. The number of carbonyl (C=O) groups is 1. The van der Waals surface area contributed by atoms with E-state index in [1.807, 2.05) is 30.3 Å². The highest BCUT2D eigenvalue weighted by molar-refractivity contribution is 7.92. The van der Waals surface area contributed by atoms with Crippen LogP contribution in [0.25, 0.3) is 10.8 Å². The van der Waals surface area contributed by atoms with Crippen LogP contribution in [0.2, 0.25) is 0 Å². The van der Waals surface area contributed by atoms with Crippen LogP contribution < -0.4 is 14.8 Å². The lowest BCUT2D eigenvalue weighted by molar-refractivity contribution is 0.168. The van der Waals surface area contributed by atoms with Gasteiger partial charge in [-0.05, 0) is 36.6 Å². The van der Waals surface area contributed by atoms with Gasteiger partial charge in [-0.3, -0.25) is 10.0 Å². The van der Waals surface area contributed by atoms with Gasteiger partial charge in [-0.2, -0.15) is 0 Å². The normalized spacial score (nSPS) is 11.1. The van der Waals surface area contributed by atoms with Crippen LogP contribution in [-0.2, 0) is 14.8 Å². The first-order valence-corrected chi connectivity index (χ1v) is 10.1. The fraction of sp³-hybridized carbons (Fsp3) is 0.150. The third kappa shape index (κ3) is 4.17. The molecule has 3 aromatic rings. The number of carbonyl (C=O) groups excluding carboxylic acids is 1. The van der Waals surface area contributed by atoms with Crippen LogP contribution >= 0.6 is 0 Å². The van der Waals surface area contributed by atoms with E-state index in [0.29, 0.717) is 11.4 Å². The molecule has 0 radical (unpaired) electrons. The lowest BCUT2D eigenvalue weighted by Gasteiger charge is -2.14. The highest BCUT2D eigenvalue weighted by atomic mass is 32.2. The fourth-order valence-electron chi connectivity index (χ4n) is 2.75. The fourth-order valence-corrected chi connectivity index (χ4v) is 3.85. The summed E-state index contributed by atoms with van der Waals surface area (Å²) in [5.41, 5.74) is 0.663. The van der Waals surface area contributed by atoms with Gasteiger partial charge in [0.15, 0.2) is 0 Å². The van der Waals surface area contributed by atoms with Crippen molar-refractivity contribution in [3.05, 3.63) is 60.7 Å². The van der Waals surface area contributed by atoms with Gasteiger partial charge in [-0.15, -0.1) is 0 Å². The number of sulfonamides is 1. The molecule has 0 aliphatic rings. The highest BCUT2D eigenvalue weighted by Crippen LogP contribution is 2.30. The van der Waals surface area contributed by atoms with Gasteiger partial charge in [0, 0.05) is 5.39 Å². The minimum atomic E-state index is -3.90. The van der Waals surface area contributed by atoms with Gasteiger partial charge < -0.3 is 9.47 Å². The van der Waals surface area contributed by atoms with E-state index >= 15 is 0 Å². The molecule has 0 fully saturated rings. The maximum Gasteiger partial charge on any atom is 0.411 e. The Morgan fingerprint density at radius 2 is 1.75 bits per heavy atom. The number of hydrogen-bond acceptors (Lipinski definition) is 5. The largest absolute Gasteiger partial charge is 0.495 e. The molecule has 1 amide bonds. The summed E-state index contributed by atoms with van der Waals surface area (Å²) in [5, 5.41) is 4.19. The predicted octanol–water partition coefficient (Wildman–Crippen LogP) is 4.22. The van der Waals surface area contributed by atoms with Crippen molar-refractivity contribution < 1.29 is 22.7 Å². The Kier molecular flexibility index (Phi) is 5.70. The molecule has 0 aliphatic heterocycles. The molecular weight excluding hydrogens is 380 g/mol. The average Bonchev–Trinajstić information content (AvgIpc) is 2.68. The summed E-state index contributed by atoms with van der Waals surface area (Å²) in [4.78, 5) is 11.7. The minimum Gasteiger partial charge on any atom is -0.495 e. The molecule has 0 heterocycles. The lowest BCUT2D eigenvalue weighted by Crippen LogP contribution is -2.16. The Morgan fingerprint density at radius 3 is 2.50 bits per heavy atom. The van der Waals surface area contributed by atoms with E-state index in [1.165, 1.54) is 25.3 Å². The topological polar surface area (TPSA) is 93.7 Å². The molecule has 3 rings (SSSR count). The summed E-state index contributed by atoms with van der Waals surface area (Å²) < 4.78 is 38.5. The molecule has 3 aromatic carbocycles. The van der Waals surface area contributed by atoms with E-state index in [1.54, 1.807) is 19.1 Å². The van der Waals surface area contributed by atoms with Gasteiger partial charge in [0.1, 0.15) is 5.75 Å². The van der Waals surface area contributed by atoms with E-state index in [2.05, 4.69) is 10.0 Å². The molecular formula is C20H20N2O5S. The molecule has 0 spiro atoms. The van der Waals surface area contributed by atoms with Crippen LogP contribution in [0.1, 0.15) is 6.92 Å². The molecule has 28 heavy (non-hydrogen) atoms. The second-order valence-electron chi connectivity index (χ2n) is 5.84. The summed E-state index contributed by atoms with van der Waals surface area (Å²) in [7, 11) is -2.47. The molecule has 0 saturated heterocycles. The van der Waals surface area contributed by atoms with Crippen LogP contribution in [0.5, 0.6) is 5.75 Å². The van der Waals surface area contributed by atoms with Crippen molar-refractivity contribution in [1.29, 1.82) is 0 Å². The smallest absolute Gasteiger partial charge is 0.411 e. The monoisotopic (exact) mass is 400 g/mol. The van der Waals surface area contributed by atoms with Crippen molar-refractivity contribution in [3.63, 3.8) is 0 Å². The second kappa shape index (κ2) is 8.18. The van der Waals surface area contributed by atoms with Crippen molar-refractivity contribution in [1.82, 2.24) is 0 Å². The van der Waals surface area contributed by atoms with Crippen LogP contribution in [0.15, 0.2) is 65.6 Å². The number of rotatable bonds is 6. The average molecular weight is 400 g/mol. The minimum absolute atomic E-state index is 0.0203. The Morgan fingerprint density at radius 1 is 1.00 bits per heavy atom. The first kappa shape index (κ1) is 19.5. The van der Waals surface area contributed by atoms with Gasteiger partial charge >= 0.3 is 6.09 Å². The summed E-state index contributed by atoms with van der Waals surface area (Å²) >= 11 is 0. The maximum absolute atomic E-state index is 12.9. The molecule has 2 N–H and O–H groups in total. The summed E-state index contributed by atoms with van der Waals surface area (Å²) in [6.45, 7) is 1.86. The number of hydrogen-bond donors (Lipinski definition) is 2. The van der Waals surface area contributed by atoms with Gasteiger partial charge in [0.25, 0.3) is 10.0 Å². The number of ether oxygens (including phenoxy) is 2. The van der Waals surface area contributed by atoms with Gasteiger partial charge in [0.05, 0.1) is 30.0 Å². The first-order valence-electron chi connectivity index (χ1n) is 8.57. The first-order chi connectivity index (χ1) is 13.4. The number of methoxy groups -OCH3 is 1. The van der Waals surface area contributed by atoms with Crippen molar-refractivity contribution in [2.75, 3.05) is 23.8 Å². The summed E-state index contributed by atoms with van der Waals surface area (Å²) in [6, 6.07) is 17.1. The summed E-state index contributed by atoms with van der Waals surface area (Å²) in [6.07, 6.45) is -0.697. The molecule has 0 bridgehead atoms. The zero-order valence-corrected chi connectivity index (χ0v) is 16.2. The summed E-state index contributed by atoms with van der Waals surface area (Å²) in [5.74, 6) is 0.317. The Labute approximate surface area is 163 Å². The molecule has 8 heteroatoms. The molecule has 0 unspecified atom stereocenters. The standard InChI is InChI=1S/C20H20N2O5S/c1-3-27-20(23)21-18-13-15(11-12-19(18)26-2)28(24,25)22-17-10-6-8-14-7-4-5-9-16(14)17/h4-13,22H,3H2,1-2H3,(H,21,23). The van der Waals surface area contributed by atoms with E-state index in [-0.39, 0.29) is 17.2 Å². The molecule has 0 aliphatic carbocycles. The van der Waals surface area contributed by atoms with Crippen molar-refractivity contribution in [2.45, 2.75) is 11.8 Å². The van der Waals surface area contributed by atoms with Crippen LogP contribution in [0, 0.1) is 0 Å². The van der Waals surface area contributed by atoms with Gasteiger partial charge in [-0.1, -0.05) is 36.4 Å². The zero-order valence-electron chi connectivity index (χ0n) is 15.4. The van der Waals surface area contributed by atoms with Crippen molar-refractivity contribution in [3.8, 4) is 5.75 Å². The quantitative estimate of drug-likeness (QED) is 0.646. The number of nitrogens with one attached hydrogen (secondary N) is 2. The lowest BCUT2D eigenvalue weighted by atomic mass is 10.1. The van der Waals surface area contributed by atoms with Crippen molar-refractivity contribution >= 4 is 38.3 Å². The SMILES string of the molecule is CCOC(=O)Nc1cc(S(=O)(=O)Nc2cccc3ccccc23)ccc1OC. The molecule has 146 valence electrons. The third-order valence-corrected chi connectivity index (χ3v) is 5.39. The maximum atomic E-state index is 12.9. The Bertz CT molecular complexity index is 1110. The van der Waals surface area contributed by atoms with E-state index in [0.717, 1.165) is 10.8 Å². The molecule has 0 atom stereocenters. The Balaban J connectivity index is 1.96. The van der Waals surface area contributed by atoms with E-state index in [9.17, 15) is 13.2 Å². The highest BCUT2D eigenvalue weighted by Gasteiger charge is 2.19. The van der Waals surface area contributed by atoms with E-state index < -0.39 is 16.1 Å². The second-order valence-corrected chi connectivity index (χ2v) is 7.52. The number of benzene rings is 3. The third-order valence-electron chi connectivity index (χ3n) is 4.03. The van der Waals surface area contributed by atoms with Crippen LogP contribution in [0.4, 0.5) is 16.2 Å². The number of anilines is 2. The molecule has 0 aromatic heterocycles. The molecule has 7 nitrogen and oxygen atoms in total. The van der Waals surface area contributed by atoms with Crippen LogP contribution in [-0.4, -0.2) is 28.2 Å². The number of fused-ring (bicyclic) bond motifs is 1. The number of amides is 1.